The molecule has 2 aromatic heterocycles. The molecule has 0 aliphatic heterocycles. The van der Waals surface area contributed by atoms with Crippen LogP contribution in [0.25, 0.3) is 22.5 Å². The van der Waals surface area contributed by atoms with Gasteiger partial charge in [0.15, 0.2) is 10.0 Å². The maximum absolute atomic E-state index is 12.5. The fraction of sp³-hybridized carbons (Fsp3) is 0.308. The highest BCUT2D eigenvalue weighted by Gasteiger charge is 2.36. The highest BCUT2D eigenvalue weighted by molar-refractivity contribution is 7.12. The van der Waals surface area contributed by atoms with Crippen molar-refractivity contribution in [1.82, 2.24) is 9.97 Å². The first-order valence-corrected chi connectivity index (χ1v) is 11.9. The normalized spacial score (nSPS) is 11.1. The Labute approximate surface area is 225 Å². The van der Waals surface area contributed by atoms with Gasteiger partial charge in [0.2, 0.25) is 0 Å². The summed E-state index contributed by atoms with van der Waals surface area (Å²) in [5.74, 6) is 0.655. The molecule has 4 rings (SSSR count). The molecule has 0 amide bonds. The number of benzene rings is 2. The molecule has 0 bridgehead atoms. The van der Waals surface area contributed by atoms with Gasteiger partial charge in [0.05, 0.1) is 25.1 Å². The first kappa shape index (κ1) is 33.1. The molecule has 0 spiro atoms. The Morgan fingerprint density at radius 2 is 1.08 bits per heavy atom. The molecule has 4 nitrogen and oxygen atoms in total. The molecule has 1 N–H and O–H groups in total. The summed E-state index contributed by atoms with van der Waals surface area (Å²) in [6.07, 6.45) is -8.79. The molecule has 0 aliphatic carbocycles. The lowest BCUT2D eigenvalue weighted by atomic mass is 10.1. The largest absolute Gasteiger partial charge is 0.497 e. The number of ether oxygens (including phenoxy) is 1. The van der Waals surface area contributed by atoms with Crippen LogP contribution in [-0.2, 0) is 19.0 Å². The van der Waals surface area contributed by atoms with E-state index in [1.54, 1.807) is 62.4 Å². The minimum Gasteiger partial charge on any atom is -0.497 e. The summed E-state index contributed by atoms with van der Waals surface area (Å²) in [4.78, 5) is 8.37. The van der Waals surface area contributed by atoms with Gasteiger partial charge in [0.25, 0.3) is 0 Å². The predicted octanol–water partition coefficient (Wildman–Crippen LogP) is 9.05. The number of methoxy groups -OCH3 is 1. The summed E-state index contributed by atoms with van der Waals surface area (Å²) >= 11 is 1.30. The molecule has 2 aromatic carbocycles. The van der Waals surface area contributed by atoms with Crippen molar-refractivity contribution in [3.8, 4) is 28.3 Å². The van der Waals surface area contributed by atoms with Crippen LogP contribution in [0.5, 0.6) is 5.75 Å². The van der Waals surface area contributed by atoms with Crippen LogP contribution in [0.4, 0.5) is 26.3 Å². The summed E-state index contributed by atoms with van der Waals surface area (Å²) in [7, 11) is 1.53. The fourth-order valence-electron chi connectivity index (χ4n) is 3.09. The first-order chi connectivity index (χ1) is 16.8. The van der Waals surface area contributed by atoms with Crippen molar-refractivity contribution in [2.24, 2.45) is 0 Å². The maximum Gasteiger partial charge on any atom is 0.443 e. The van der Waals surface area contributed by atoms with E-state index in [0.717, 1.165) is 0 Å². The lowest BCUT2D eigenvalue weighted by molar-refractivity contribution is -0.138. The number of aliphatic hydroxyl groups is 1. The van der Waals surface area contributed by atoms with E-state index >= 15 is 0 Å². The van der Waals surface area contributed by atoms with Crippen LogP contribution in [0.15, 0.2) is 48.5 Å². The minimum atomic E-state index is -4.40. The van der Waals surface area contributed by atoms with Gasteiger partial charge in [0, 0.05) is 20.9 Å². The SMILES string of the molecule is C.C.COc1ccc(-c2nc(C(F)(F)F)sc2C)cc1.Cc1sc(C(F)(F)F)nc1-c1ccc(CO)cc1. The van der Waals surface area contributed by atoms with Crippen LogP contribution in [-0.4, -0.2) is 22.2 Å². The lowest BCUT2D eigenvalue weighted by Crippen LogP contribution is -2.03. The molecule has 0 unspecified atom stereocenters. The highest BCUT2D eigenvalue weighted by Crippen LogP contribution is 2.38. The highest BCUT2D eigenvalue weighted by atomic mass is 32.1. The second-order valence-corrected chi connectivity index (χ2v) is 9.83. The number of aliphatic hydroxyl groups excluding tert-OH is 1. The van der Waals surface area contributed by atoms with Crippen molar-refractivity contribution in [1.29, 1.82) is 0 Å². The Kier molecular flexibility index (Phi) is 11.5. The molecule has 0 fully saturated rings. The van der Waals surface area contributed by atoms with Gasteiger partial charge in [0.1, 0.15) is 5.75 Å². The van der Waals surface area contributed by atoms with E-state index < -0.39 is 22.4 Å². The van der Waals surface area contributed by atoms with E-state index in [9.17, 15) is 26.3 Å². The lowest BCUT2D eigenvalue weighted by Gasteiger charge is -2.02. The average Bonchev–Trinajstić information content (AvgIpc) is 3.42. The Morgan fingerprint density at radius 3 is 1.37 bits per heavy atom. The predicted molar refractivity (Wildman–Crippen MR) is 141 cm³/mol. The van der Waals surface area contributed by atoms with Gasteiger partial charge in [-0.2, -0.15) is 26.3 Å². The van der Waals surface area contributed by atoms with Crippen molar-refractivity contribution in [2.75, 3.05) is 7.11 Å². The molecular weight excluding hydrogens is 550 g/mol. The summed E-state index contributed by atoms with van der Waals surface area (Å²) in [6.45, 7) is 3.15. The zero-order valence-corrected chi connectivity index (χ0v) is 20.8. The molecule has 0 saturated carbocycles. The third kappa shape index (κ3) is 8.02. The van der Waals surface area contributed by atoms with E-state index in [0.29, 0.717) is 66.3 Å². The molecule has 2 heterocycles. The molecule has 0 saturated heterocycles. The molecule has 0 atom stereocenters. The van der Waals surface area contributed by atoms with Crippen molar-refractivity contribution < 1.29 is 36.2 Å². The van der Waals surface area contributed by atoms with Crippen LogP contribution in [0.3, 0.4) is 0 Å². The van der Waals surface area contributed by atoms with Crippen molar-refractivity contribution in [2.45, 2.75) is 47.7 Å². The molecular formula is C26H28F6N2O2S2. The van der Waals surface area contributed by atoms with Gasteiger partial charge >= 0.3 is 12.4 Å². The molecule has 0 radical (unpaired) electrons. The van der Waals surface area contributed by atoms with E-state index in [-0.39, 0.29) is 21.5 Å². The van der Waals surface area contributed by atoms with Crippen LogP contribution in [0.1, 0.15) is 40.2 Å². The number of aromatic nitrogens is 2. The monoisotopic (exact) mass is 578 g/mol. The number of rotatable bonds is 4. The second-order valence-electron chi connectivity index (χ2n) is 7.43. The Morgan fingerprint density at radius 1 is 0.711 bits per heavy atom. The van der Waals surface area contributed by atoms with Gasteiger partial charge in [-0.1, -0.05) is 39.1 Å². The third-order valence-corrected chi connectivity index (χ3v) is 6.88. The van der Waals surface area contributed by atoms with Crippen molar-refractivity contribution in [3.05, 3.63) is 73.9 Å². The van der Waals surface area contributed by atoms with Crippen LogP contribution < -0.4 is 4.74 Å². The number of hydrogen-bond acceptors (Lipinski definition) is 6. The van der Waals surface area contributed by atoms with E-state index in [1.807, 2.05) is 0 Å². The number of aryl methyl sites for hydroxylation is 2. The number of halogens is 6. The maximum atomic E-state index is 12.5. The third-order valence-electron chi connectivity index (χ3n) is 4.85. The zero-order valence-electron chi connectivity index (χ0n) is 19.2. The molecule has 208 valence electrons. The number of hydrogen-bond donors (Lipinski definition) is 1. The van der Waals surface area contributed by atoms with E-state index in [2.05, 4.69) is 9.97 Å². The van der Waals surface area contributed by atoms with E-state index in [1.165, 1.54) is 7.11 Å². The van der Waals surface area contributed by atoms with Gasteiger partial charge in [-0.25, -0.2) is 9.97 Å². The Hall–Kier alpha value is -2.96. The molecule has 12 heteroatoms. The quantitative estimate of drug-likeness (QED) is 0.246. The Bertz CT molecular complexity index is 1190. The van der Waals surface area contributed by atoms with Crippen molar-refractivity contribution in [3.63, 3.8) is 0 Å². The minimum absolute atomic E-state index is 0. The topological polar surface area (TPSA) is 55.2 Å². The van der Waals surface area contributed by atoms with Crippen LogP contribution in [0.2, 0.25) is 0 Å². The van der Waals surface area contributed by atoms with Crippen molar-refractivity contribution >= 4 is 22.7 Å². The number of thiazole rings is 2. The second kappa shape index (κ2) is 13.2. The zero-order chi connectivity index (χ0) is 26.7. The Balaban J connectivity index is 0.000000361. The molecule has 38 heavy (non-hydrogen) atoms. The fourth-order valence-corrected chi connectivity index (χ4v) is 4.69. The summed E-state index contributed by atoms with van der Waals surface area (Å²) in [5.41, 5.74) is 2.70. The van der Waals surface area contributed by atoms with Gasteiger partial charge in [-0.05, 0) is 43.7 Å². The molecule has 0 aliphatic rings. The smallest absolute Gasteiger partial charge is 0.443 e. The standard InChI is InChI=1S/2C12H10F3NOS.2CH4/c1-7-10(16-11(18-7)12(13,14)15)8-3-5-9(17-2)6-4-8;1-7-10(16-11(18-7)12(13,14)15)9-4-2-8(6-17)3-5-9;;/h3-6H,1-2H3;2-5,17H,6H2,1H3;2*1H4. The summed E-state index contributed by atoms with van der Waals surface area (Å²) in [6, 6.07) is 13.4. The summed E-state index contributed by atoms with van der Waals surface area (Å²) in [5, 5.41) is 7.26. The van der Waals surface area contributed by atoms with E-state index in [4.69, 9.17) is 9.84 Å². The average molecular weight is 579 g/mol. The number of nitrogens with zero attached hydrogens (tertiary/aromatic N) is 2. The van der Waals surface area contributed by atoms with Gasteiger partial charge in [-0.15, -0.1) is 22.7 Å². The molecule has 4 aromatic rings. The first-order valence-electron chi connectivity index (χ1n) is 10.3. The number of alkyl halides is 6. The van der Waals surface area contributed by atoms with Gasteiger partial charge < -0.3 is 9.84 Å². The summed E-state index contributed by atoms with van der Waals surface area (Å²) < 4.78 is 80.2. The van der Waals surface area contributed by atoms with Crippen LogP contribution >= 0.6 is 22.7 Å². The van der Waals surface area contributed by atoms with Gasteiger partial charge in [-0.3, -0.25) is 0 Å². The van der Waals surface area contributed by atoms with Crippen LogP contribution in [0, 0.1) is 13.8 Å².